The number of hydrogen-bond donors (Lipinski definition) is 0. The number of fused-ring (bicyclic) bond motifs is 9. The first-order valence-corrected chi connectivity index (χ1v) is 27.9. The first kappa shape index (κ1) is 47.5. The average molecular weight is 983 g/mol. The standard InChI is InChI=1S/C74H66N2/c1-7-9-41-73(42-10-8-2)67-44-52(6)25-35-61(67)62-36-27-54(46-68(62)73)53-28-40-72-66(45-53)65-43-51(5)26-39-71(65)76(72)60-34-38-64-63-37-33-59(75(57-29-21-49(3)22-30-57)58-31-23-50(4)24-32-58)47-69(63)74(70(64)48-60,55-17-13-11-14-18-55)56-19-15-12-16-20-56/h11-40,43-48H,7-10,41-42H2,1-6H3. The molecular formula is C74H66N2. The second-order valence-electron chi connectivity index (χ2n) is 22.1. The molecular weight excluding hydrogens is 917 g/mol. The van der Waals surface area contributed by atoms with Gasteiger partial charge >= 0.3 is 0 Å². The molecule has 0 radical (unpaired) electrons. The molecule has 76 heavy (non-hydrogen) atoms. The molecule has 0 atom stereocenters. The van der Waals surface area contributed by atoms with Gasteiger partial charge in [0.2, 0.25) is 0 Å². The van der Waals surface area contributed by atoms with Crippen LogP contribution in [0.1, 0.15) is 108 Å². The quantitative estimate of drug-likeness (QED) is 0.112. The number of aromatic nitrogens is 1. The van der Waals surface area contributed by atoms with Crippen LogP contribution < -0.4 is 4.90 Å². The Balaban J connectivity index is 0.999. The Morgan fingerprint density at radius 1 is 0.368 bits per heavy atom. The molecule has 0 bridgehead atoms. The third-order valence-corrected chi connectivity index (χ3v) is 17.3. The van der Waals surface area contributed by atoms with Gasteiger partial charge in [-0.2, -0.15) is 0 Å². The normalized spacial score (nSPS) is 13.7. The third-order valence-electron chi connectivity index (χ3n) is 17.3. The zero-order valence-corrected chi connectivity index (χ0v) is 44.9. The van der Waals surface area contributed by atoms with Crippen molar-refractivity contribution in [3.05, 3.63) is 274 Å². The van der Waals surface area contributed by atoms with Crippen molar-refractivity contribution in [2.24, 2.45) is 0 Å². The molecule has 0 N–H and O–H groups in total. The molecule has 2 aliphatic rings. The molecule has 0 saturated heterocycles. The van der Waals surface area contributed by atoms with Gasteiger partial charge in [0.15, 0.2) is 0 Å². The Morgan fingerprint density at radius 3 is 1.43 bits per heavy atom. The summed E-state index contributed by atoms with van der Waals surface area (Å²) in [7, 11) is 0. The van der Waals surface area contributed by atoms with E-state index in [0.29, 0.717) is 0 Å². The number of unbranched alkanes of at least 4 members (excludes halogenated alkanes) is 2. The molecule has 0 saturated carbocycles. The molecule has 10 aromatic carbocycles. The molecule has 2 heteroatoms. The second-order valence-corrected chi connectivity index (χ2v) is 22.1. The van der Waals surface area contributed by atoms with E-state index in [1.165, 1.54) is 144 Å². The number of nitrogens with zero attached hydrogens (tertiary/aromatic N) is 2. The van der Waals surface area contributed by atoms with Crippen molar-refractivity contribution < 1.29 is 0 Å². The maximum Gasteiger partial charge on any atom is 0.0715 e. The Hall–Kier alpha value is -8.20. The van der Waals surface area contributed by atoms with Crippen LogP contribution in [0.4, 0.5) is 17.1 Å². The van der Waals surface area contributed by atoms with Gasteiger partial charge in [0.05, 0.1) is 16.4 Å². The maximum absolute atomic E-state index is 2.58. The summed E-state index contributed by atoms with van der Waals surface area (Å²) in [4.78, 5) is 2.42. The Morgan fingerprint density at radius 2 is 0.816 bits per heavy atom. The van der Waals surface area contributed by atoms with E-state index in [0.717, 1.165) is 22.7 Å². The first-order chi connectivity index (χ1) is 37.2. The Bertz CT molecular complexity index is 3890. The topological polar surface area (TPSA) is 8.17 Å². The predicted molar refractivity (Wildman–Crippen MR) is 322 cm³/mol. The Kier molecular flexibility index (Phi) is 11.8. The van der Waals surface area contributed by atoms with Crippen LogP contribution in [0.2, 0.25) is 0 Å². The van der Waals surface area contributed by atoms with Crippen LogP contribution in [-0.4, -0.2) is 4.57 Å². The van der Waals surface area contributed by atoms with Crippen LogP contribution >= 0.6 is 0 Å². The number of rotatable bonds is 13. The van der Waals surface area contributed by atoms with Gasteiger partial charge in [0.1, 0.15) is 0 Å². The third kappa shape index (κ3) is 7.51. The second kappa shape index (κ2) is 18.9. The summed E-state index contributed by atoms with van der Waals surface area (Å²) >= 11 is 0. The summed E-state index contributed by atoms with van der Waals surface area (Å²) in [6, 6.07) is 83.8. The fraction of sp³-hybridized carbons (Fsp3) is 0.189. The van der Waals surface area contributed by atoms with Gasteiger partial charge in [-0.1, -0.05) is 201 Å². The number of benzene rings is 10. The summed E-state index contributed by atoms with van der Waals surface area (Å²) in [6.45, 7) is 13.5. The lowest BCUT2D eigenvalue weighted by molar-refractivity contribution is 0.414. The summed E-state index contributed by atoms with van der Waals surface area (Å²) in [5.74, 6) is 0. The summed E-state index contributed by atoms with van der Waals surface area (Å²) < 4.78 is 2.53. The minimum absolute atomic E-state index is 0.0288. The van der Waals surface area contributed by atoms with Crippen LogP contribution in [0.5, 0.6) is 0 Å². The van der Waals surface area contributed by atoms with Crippen LogP contribution in [0.15, 0.2) is 218 Å². The smallest absolute Gasteiger partial charge is 0.0715 e. The van der Waals surface area contributed by atoms with E-state index in [2.05, 4.69) is 269 Å². The molecule has 1 aromatic heterocycles. The van der Waals surface area contributed by atoms with Gasteiger partial charge in [-0.15, -0.1) is 0 Å². The van der Waals surface area contributed by atoms with Crippen molar-refractivity contribution in [1.29, 1.82) is 0 Å². The molecule has 2 aliphatic carbocycles. The fourth-order valence-corrected chi connectivity index (χ4v) is 13.6. The monoisotopic (exact) mass is 983 g/mol. The minimum Gasteiger partial charge on any atom is -0.310 e. The molecule has 11 aromatic rings. The van der Waals surface area contributed by atoms with Crippen molar-refractivity contribution in [1.82, 2.24) is 4.57 Å². The predicted octanol–water partition coefficient (Wildman–Crippen LogP) is 20.2. The zero-order chi connectivity index (χ0) is 51.7. The summed E-state index contributed by atoms with van der Waals surface area (Å²) in [6.07, 6.45) is 7.21. The highest BCUT2D eigenvalue weighted by molar-refractivity contribution is 6.11. The lowest BCUT2D eigenvalue weighted by Gasteiger charge is -2.35. The summed E-state index contributed by atoms with van der Waals surface area (Å²) in [5, 5.41) is 2.55. The van der Waals surface area contributed by atoms with Crippen molar-refractivity contribution >= 4 is 38.9 Å². The van der Waals surface area contributed by atoms with Gasteiger partial charge < -0.3 is 9.47 Å². The van der Waals surface area contributed by atoms with E-state index in [-0.39, 0.29) is 5.41 Å². The van der Waals surface area contributed by atoms with Gasteiger partial charge in [-0.05, 0) is 186 Å². The lowest BCUT2D eigenvalue weighted by atomic mass is 9.67. The maximum atomic E-state index is 2.58. The molecule has 0 aliphatic heterocycles. The van der Waals surface area contributed by atoms with Crippen molar-refractivity contribution in [3.63, 3.8) is 0 Å². The largest absolute Gasteiger partial charge is 0.310 e. The molecule has 0 spiro atoms. The Labute approximate surface area is 450 Å². The minimum atomic E-state index is -0.622. The number of hydrogen-bond acceptors (Lipinski definition) is 1. The highest BCUT2D eigenvalue weighted by Crippen LogP contribution is 2.59. The summed E-state index contributed by atoms with van der Waals surface area (Å²) in [5.41, 5.74) is 27.5. The molecule has 2 nitrogen and oxygen atoms in total. The van der Waals surface area contributed by atoms with E-state index in [4.69, 9.17) is 0 Å². The van der Waals surface area contributed by atoms with Crippen molar-refractivity contribution in [2.75, 3.05) is 4.90 Å². The number of aryl methyl sites for hydroxylation is 4. The molecule has 1 heterocycles. The molecule has 13 rings (SSSR count). The van der Waals surface area contributed by atoms with Crippen LogP contribution in [0.3, 0.4) is 0 Å². The molecule has 0 fully saturated rings. The van der Waals surface area contributed by atoms with Crippen molar-refractivity contribution in [3.8, 4) is 39.1 Å². The average Bonchev–Trinajstić information content (AvgIpc) is 4.25. The van der Waals surface area contributed by atoms with Crippen LogP contribution in [0.25, 0.3) is 60.9 Å². The van der Waals surface area contributed by atoms with E-state index < -0.39 is 5.41 Å². The van der Waals surface area contributed by atoms with Gasteiger partial charge in [0.25, 0.3) is 0 Å². The lowest BCUT2D eigenvalue weighted by Crippen LogP contribution is -2.29. The number of anilines is 3. The fourth-order valence-electron chi connectivity index (χ4n) is 13.6. The highest BCUT2D eigenvalue weighted by Gasteiger charge is 2.47. The van der Waals surface area contributed by atoms with Crippen LogP contribution in [-0.2, 0) is 10.8 Å². The van der Waals surface area contributed by atoms with Gasteiger partial charge in [-0.3, -0.25) is 0 Å². The zero-order valence-electron chi connectivity index (χ0n) is 44.9. The van der Waals surface area contributed by atoms with Crippen LogP contribution in [0, 0.1) is 27.7 Å². The highest BCUT2D eigenvalue weighted by atomic mass is 15.1. The molecule has 372 valence electrons. The molecule has 0 unspecified atom stereocenters. The van der Waals surface area contributed by atoms with Gasteiger partial charge in [0, 0.05) is 38.9 Å². The van der Waals surface area contributed by atoms with E-state index in [9.17, 15) is 0 Å². The van der Waals surface area contributed by atoms with Crippen molar-refractivity contribution in [2.45, 2.75) is 90.9 Å². The van der Waals surface area contributed by atoms with E-state index in [1.807, 2.05) is 0 Å². The first-order valence-electron chi connectivity index (χ1n) is 27.9. The van der Waals surface area contributed by atoms with E-state index in [1.54, 1.807) is 5.56 Å². The molecule has 0 amide bonds. The van der Waals surface area contributed by atoms with Gasteiger partial charge in [-0.25, -0.2) is 0 Å². The van der Waals surface area contributed by atoms with E-state index >= 15 is 0 Å². The SMILES string of the molecule is CCCCC1(CCCC)c2cc(C)ccc2-c2ccc(-c3ccc4c(c3)c3cc(C)ccc3n4-c3ccc4c(c3)C(c3ccccc3)(c3ccccc3)c3cc(N(c5ccc(C)cc5)c5ccc(C)cc5)ccc3-4)cc21.